The standard InChI is InChI=1S/C23H29ClO4/c1-6-21(24)22(28-16-18-9-13-20(26-4)14-10-18)23(2,27-5)15-17-7-11-19(25-3)12-8-17/h7-14H,6,15-16H2,1-5H3/b22-21-. The molecule has 152 valence electrons. The van der Waals surface area contributed by atoms with E-state index in [2.05, 4.69) is 0 Å². The van der Waals surface area contributed by atoms with E-state index in [4.69, 9.17) is 30.5 Å². The molecule has 2 aromatic carbocycles. The molecule has 28 heavy (non-hydrogen) atoms. The molecule has 0 fully saturated rings. The van der Waals surface area contributed by atoms with Crippen LogP contribution in [-0.4, -0.2) is 26.9 Å². The molecule has 0 aliphatic rings. The maximum atomic E-state index is 6.56. The van der Waals surface area contributed by atoms with Crippen LogP contribution in [0.3, 0.4) is 0 Å². The van der Waals surface area contributed by atoms with Crippen molar-refractivity contribution >= 4 is 11.6 Å². The van der Waals surface area contributed by atoms with Gasteiger partial charge in [-0.2, -0.15) is 0 Å². The van der Waals surface area contributed by atoms with Crippen molar-refractivity contribution in [1.29, 1.82) is 0 Å². The minimum Gasteiger partial charge on any atom is -0.497 e. The Morgan fingerprint density at radius 2 is 1.36 bits per heavy atom. The van der Waals surface area contributed by atoms with E-state index in [0.717, 1.165) is 22.6 Å². The molecule has 0 heterocycles. The second-order valence-electron chi connectivity index (χ2n) is 6.68. The van der Waals surface area contributed by atoms with Gasteiger partial charge >= 0.3 is 0 Å². The smallest absolute Gasteiger partial charge is 0.143 e. The number of halogens is 1. The van der Waals surface area contributed by atoms with E-state index in [1.165, 1.54) is 0 Å². The normalized spacial score (nSPS) is 14.1. The Morgan fingerprint density at radius 1 is 0.857 bits per heavy atom. The van der Waals surface area contributed by atoms with Gasteiger partial charge in [-0.3, -0.25) is 0 Å². The monoisotopic (exact) mass is 404 g/mol. The van der Waals surface area contributed by atoms with E-state index in [-0.39, 0.29) is 0 Å². The molecule has 0 saturated heterocycles. The molecule has 0 N–H and O–H groups in total. The van der Waals surface area contributed by atoms with Crippen LogP contribution in [0.5, 0.6) is 11.5 Å². The summed E-state index contributed by atoms with van der Waals surface area (Å²) < 4.78 is 22.5. The Morgan fingerprint density at radius 3 is 1.79 bits per heavy atom. The highest BCUT2D eigenvalue weighted by Crippen LogP contribution is 2.33. The molecule has 2 rings (SSSR count). The third-order valence-corrected chi connectivity index (χ3v) is 5.17. The number of hydrogen-bond donors (Lipinski definition) is 0. The molecule has 0 aromatic heterocycles. The van der Waals surface area contributed by atoms with Crippen LogP contribution in [0.15, 0.2) is 59.3 Å². The minimum absolute atomic E-state index is 0.400. The van der Waals surface area contributed by atoms with Crippen molar-refractivity contribution in [2.24, 2.45) is 0 Å². The lowest BCUT2D eigenvalue weighted by molar-refractivity contribution is -0.0184. The van der Waals surface area contributed by atoms with Crippen LogP contribution < -0.4 is 9.47 Å². The number of rotatable bonds is 10. The van der Waals surface area contributed by atoms with Crippen molar-refractivity contribution in [2.75, 3.05) is 21.3 Å². The van der Waals surface area contributed by atoms with Gasteiger partial charge in [-0.05, 0) is 48.7 Å². The molecule has 0 aliphatic carbocycles. The Labute approximate surface area is 173 Å². The number of hydrogen-bond acceptors (Lipinski definition) is 4. The molecule has 1 unspecified atom stereocenters. The largest absolute Gasteiger partial charge is 0.497 e. The minimum atomic E-state index is -0.686. The molecular formula is C23H29ClO4. The SMILES string of the molecule is CC/C(Cl)=C(/OCc1ccc(OC)cc1)C(C)(Cc1ccc(OC)cc1)OC. The zero-order valence-electron chi connectivity index (χ0n) is 17.3. The van der Waals surface area contributed by atoms with Crippen LogP contribution in [0.2, 0.25) is 0 Å². The number of ether oxygens (including phenoxy) is 4. The summed E-state index contributed by atoms with van der Waals surface area (Å²) in [6.07, 6.45) is 1.29. The van der Waals surface area contributed by atoms with Gasteiger partial charge in [0.1, 0.15) is 29.5 Å². The van der Waals surface area contributed by atoms with Crippen LogP contribution in [0.25, 0.3) is 0 Å². The van der Waals surface area contributed by atoms with E-state index in [0.29, 0.717) is 30.2 Å². The van der Waals surface area contributed by atoms with Gasteiger partial charge in [-0.25, -0.2) is 0 Å². The molecule has 0 bridgehead atoms. The molecule has 4 nitrogen and oxygen atoms in total. The summed E-state index contributed by atoms with van der Waals surface area (Å²) >= 11 is 6.56. The molecule has 0 spiro atoms. The lowest BCUT2D eigenvalue weighted by atomic mass is 9.93. The molecular weight excluding hydrogens is 376 g/mol. The summed E-state index contributed by atoms with van der Waals surface area (Å²) in [4.78, 5) is 0. The highest BCUT2D eigenvalue weighted by molar-refractivity contribution is 6.29. The van der Waals surface area contributed by atoms with Gasteiger partial charge in [0.05, 0.1) is 19.3 Å². The maximum absolute atomic E-state index is 6.56. The first-order valence-electron chi connectivity index (χ1n) is 9.28. The van der Waals surface area contributed by atoms with Crippen molar-refractivity contribution in [3.05, 3.63) is 70.4 Å². The Kier molecular flexibility index (Phi) is 8.21. The van der Waals surface area contributed by atoms with E-state index in [9.17, 15) is 0 Å². The molecule has 0 saturated carbocycles. The lowest BCUT2D eigenvalue weighted by Gasteiger charge is -2.32. The van der Waals surface area contributed by atoms with E-state index in [1.54, 1.807) is 21.3 Å². The van der Waals surface area contributed by atoms with Crippen LogP contribution in [0.4, 0.5) is 0 Å². The molecule has 2 aromatic rings. The fourth-order valence-electron chi connectivity index (χ4n) is 2.93. The van der Waals surface area contributed by atoms with Gasteiger partial charge in [-0.15, -0.1) is 0 Å². The Bertz CT molecular complexity index is 768. The fourth-order valence-corrected chi connectivity index (χ4v) is 3.19. The first-order valence-corrected chi connectivity index (χ1v) is 9.66. The van der Waals surface area contributed by atoms with E-state index < -0.39 is 5.60 Å². The zero-order valence-corrected chi connectivity index (χ0v) is 18.0. The Balaban J connectivity index is 2.21. The van der Waals surface area contributed by atoms with E-state index in [1.807, 2.05) is 62.4 Å². The number of methoxy groups -OCH3 is 3. The van der Waals surface area contributed by atoms with Crippen LogP contribution >= 0.6 is 11.6 Å². The van der Waals surface area contributed by atoms with Crippen molar-refractivity contribution < 1.29 is 18.9 Å². The number of benzene rings is 2. The predicted molar refractivity (Wildman–Crippen MR) is 113 cm³/mol. The first kappa shape index (κ1) is 22.1. The quantitative estimate of drug-likeness (QED) is 0.474. The van der Waals surface area contributed by atoms with Crippen LogP contribution in [0.1, 0.15) is 31.4 Å². The predicted octanol–water partition coefficient (Wildman–Crippen LogP) is 5.73. The molecule has 0 aliphatic heterocycles. The van der Waals surface area contributed by atoms with Gasteiger partial charge in [0.25, 0.3) is 0 Å². The molecule has 1 atom stereocenters. The average molecular weight is 405 g/mol. The first-order chi connectivity index (χ1) is 13.5. The van der Waals surface area contributed by atoms with Gasteiger partial charge in [0.2, 0.25) is 0 Å². The lowest BCUT2D eigenvalue weighted by Crippen LogP contribution is -2.34. The zero-order chi connectivity index (χ0) is 20.6. The van der Waals surface area contributed by atoms with E-state index >= 15 is 0 Å². The third-order valence-electron chi connectivity index (χ3n) is 4.73. The summed E-state index contributed by atoms with van der Waals surface area (Å²) in [6, 6.07) is 15.7. The molecule has 0 amide bonds. The van der Waals surface area contributed by atoms with Crippen molar-refractivity contribution in [2.45, 2.75) is 38.9 Å². The van der Waals surface area contributed by atoms with Gasteiger partial charge in [0.15, 0.2) is 0 Å². The van der Waals surface area contributed by atoms with Crippen LogP contribution in [-0.2, 0) is 22.5 Å². The highest BCUT2D eigenvalue weighted by Gasteiger charge is 2.33. The van der Waals surface area contributed by atoms with Crippen molar-refractivity contribution in [3.8, 4) is 11.5 Å². The third kappa shape index (κ3) is 5.66. The fraction of sp³-hybridized carbons (Fsp3) is 0.391. The van der Waals surface area contributed by atoms with Gasteiger partial charge in [0, 0.05) is 13.5 Å². The van der Waals surface area contributed by atoms with Gasteiger partial charge in [-0.1, -0.05) is 42.8 Å². The van der Waals surface area contributed by atoms with Crippen LogP contribution in [0, 0.1) is 0 Å². The summed E-state index contributed by atoms with van der Waals surface area (Å²) in [6.45, 7) is 4.40. The average Bonchev–Trinajstić information content (AvgIpc) is 2.74. The summed E-state index contributed by atoms with van der Waals surface area (Å²) in [5, 5.41) is 0.659. The topological polar surface area (TPSA) is 36.9 Å². The molecule has 0 radical (unpaired) electrons. The summed E-state index contributed by atoms with van der Waals surface area (Å²) in [7, 11) is 4.99. The van der Waals surface area contributed by atoms with Crippen molar-refractivity contribution in [3.63, 3.8) is 0 Å². The second-order valence-corrected chi connectivity index (χ2v) is 7.14. The van der Waals surface area contributed by atoms with Gasteiger partial charge < -0.3 is 18.9 Å². The second kappa shape index (κ2) is 10.4. The summed E-state index contributed by atoms with van der Waals surface area (Å²) in [5.41, 5.74) is 1.45. The highest BCUT2D eigenvalue weighted by atomic mass is 35.5. The summed E-state index contributed by atoms with van der Waals surface area (Å²) in [5.74, 6) is 2.29. The Hall–Kier alpha value is -2.17. The maximum Gasteiger partial charge on any atom is 0.143 e. The van der Waals surface area contributed by atoms with Crippen molar-refractivity contribution in [1.82, 2.24) is 0 Å². The molecule has 5 heteroatoms. The number of allylic oxidation sites excluding steroid dienone is 1.